The van der Waals surface area contributed by atoms with Crippen LogP contribution in [-0.4, -0.2) is 25.9 Å². The molecular weight excluding hydrogens is 348 g/mol. The molecule has 24 heavy (non-hydrogen) atoms. The van der Waals surface area contributed by atoms with Gasteiger partial charge in [0.2, 0.25) is 10.0 Å². The summed E-state index contributed by atoms with van der Waals surface area (Å²) < 4.78 is 32.1. The molecule has 0 aliphatic rings. The Labute approximate surface area is 143 Å². The van der Waals surface area contributed by atoms with Crippen LogP contribution >= 0.6 is 11.3 Å². The molecule has 0 atom stereocenters. The largest absolute Gasteiger partial charge is 0.356 e. The lowest BCUT2D eigenvalue weighted by molar-refractivity contribution is 0.102. The number of aromatic nitrogens is 1. The van der Waals surface area contributed by atoms with Gasteiger partial charge in [0.05, 0.1) is 4.88 Å². The number of rotatable bonds is 7. The van der Waals surface area contributed by atoms with Crippen LogP contribution in [0, 0.1) is 0 Å². The SMILES string of the molecule is CC(=O)c1ccc(CCNS(=O)(=O)Cc2noc3ccccc23)s1. The summed E-state index contributed by atoms with van der Waals surface area (Å²) in [7, 11) is -3.51. The Bertz CT molecular complexity index is 973. The Kier molecular flexibility index (Phi) is 4.79. The first-order chi connectivity index (χ1) is 11.4. The van der Waals surface area contributed by atoms with Crippen molar-refractivity contribution in [2.45, 2.75) is 19.1 Å². The first kappa shape index (κ1) is 16.8. The molecule has 0 spiro atoms. The second-order valence-electron chi connectivity index (χ2n) is 5.35. The Hall–Kier alpha value is -2.03. The van der Waals surface area contributed by atoms with Crippen molar-refractivity contribution in [1.82, 2.24) is 9.88 Å². The van der Waals surface area contributed by atoms with Gasteiger partial charge in [0, 0.05) is 16.8 Å². The molecule has 0 saturated carbocycles. The van der Waals surface area contributed by atoms with E-state index in [2.05, 4.69) is 9.88 Å². The van der Waals surface area contributed by atoms with Gasteiger partial charge in [0.1, 0.15) is 11.4 Å². The van der Waals surface area contributed by atoms with Gasteiger partial charge in [-0.1, -0.05) is 17.3 Å². The highest BCUT2D eigenvalue weighted by Crippen LogP contribution is 2.20. The first-order valence-corrected chi connectivity index (χ1v) is 9.82. The summed E-state index contributed by atoms with van der Waals surface area (Å²) in [5.74, 6) is -0.211. The standard InChI is InChI=1S/C16H16N2O4S2/c1-11(19)16-7-6-12(23-16)8-9-17-24(20,21)10-14-13-4-2-3-5-15(13)22-18-14/h2-7,17H,8-10H2,1H3. The van der Waals surface area contributed by atoms with Gasteiger partial charge < -0.3 is 4.52 Å². The Balaban J connectivity index is 1.60. The van der Waals surface area contributed by atoms with Crippen LogP contribution in [0.15, 0.2) is 40.9 Å². The summed E-state index contributed by atoms with van der Waals surface area (Å²) in [5, 5.41) is 4.54. The zero-order chi connectivity index (χ0) is 17.2. The number of ketones is 1. The zero-order valence-corrected chi connectivity index (χ0v) is 14.6. The fourth-order valence-electron chi connectivity index (χ4n) is 2.30. The number of benzene rings is 1. The van der Waals surface area contributed by atoms with E-state index in [-0.39, 0.29) is 18.1 Å². The van der Waals surface area contributed by atoms with Gasteiger partial charge in [-0.15, -0.1) is 11.3 Å². The predicted molar refractivity (Wildman–Crippen MR) is 92.7 cm³/mol. The summed E-state index contributed by atoms with van der Waals surface area (Å²) >= 11 is 1.39. The maximum absolute atomic E-state index is 12.2. The highest BCUT2D eigenvalue weighted by Gasteiger charge is 2.17. The quantitative estimate of drug-likeness (QED) is 0.651. The second kappa shape index (κ2) is 6.84. The van der Waals surface area contributed by atoms with E-state index in [0.717, 1.165) is 4.88 Å². The molecular formula is C16H16N2O4S2. The number of Topliss-reactive ketones (excluding diaryl/α,β-unsaturated/α-hetero) is 1. The Morgan fingerprint density at radius 3 is 2.79 bits per heavy atom. The fourth-order valence-corrected chi connectivity index (χ4v) is 4.29. The number of para-hydroxylation sites is 1. The van der Waals surface area contributed by atoms with Crippen LogP contribution in [0.5, 0.6) is 0 Å². The lowest BCUT2D eigenvalue weighted by Gasteiger charge is -2.04. The lowest BCUT2D eigenvalue weighted by Crippen LogP contribution is -2.27. The Morgan fingerprint density at radius 1 is 1.25 bits per heavy atom. The van der Waals surface area contributed by atoms with Crippen molar-refractivity contribution in [2.24, 2.45) is 0 Å². The number of carbonyl (C=O) groups is 1. The van der Waals surface area contributed by atoms with E-state index in [4.69, 9.17) is 4.52 Å². The number of hydrogen-bond donors (Lipinski definition) is 1. The summed E-state index contributed by atoms with van der Waals surface area (Å²) in [6.07, 6.45) is 0.538. The van der Waals surface area contributed by atoms with Crippen LogP contribution < -0.4 is 4.72 Å². The molecule has 6 nitrogen and oxygen atoms in total. The molecule has 0 amide bonds. The van der Waals surface area contributed by atoms with Crippen LogP contribution in [0.2, 0.25) is 0 Å². The molecule has 3 aromatic rings. The number of sulfonamides is 1. The van der Waals surface area contributed by atoms with E-state index in [1.54, 1.807) is 24.3 Å². The van der Waals surface area contributed by atoms with Crippen LogP contribution in [0.25, 0.3) is 11.0 Å². The highest BCUT2D eigenvalue weighted by molar-refractivity contribution is 7.88. The molecule has 0 aliphatic heterocycles. The van der Waals surface area contributed by atoms with Gasteiger partial charge in [-0.3, -0.25) is 4.79 Å². The normalized spacial score (nSPS) is 11.9. The Morgan fingerprint density at radius 2 is 2.04 bits per heavy atom. The van der Waals surface area contributed by atoms with E-state index < -0.39 is 10.0 Å². The molecule has 0 bridgehead atoms. The lowest BCUT2D eigenvalue weighted by atomic mass is 10.2. The van der Waals surface area contributed by atoms with Crippen molar-refractivity contribution in [1.29, 1.82) is 0 Å². The molecule has 8 heteroatoms. The minimum absolute atomic E-state index is 0.0183. The predicted octanol–water partition coefficient (Wildman–Crippen LogP) is 2.75. The molecule has 0 unspecified atom stereocenters. The number of hydrogen-bond acceptors (Lipinski definition) is 6. The summed E-state index contributed by atoms with van der Waals surface area (Å²) in [6.45, 7) is 1.79. The van der Waals surface area contributed by atoms with E-state index in [1.165, 1.54) is 18.3 Å². The van der Waals surface area contributed by atoms with E-state index in [0.29, 0.717) is 28.0 Å². The zero-order valence-electron chi connectivity index (χ0n) is 13.0. The maximum atomic E-state index is 12.2. The smallest absolute Gasteiger partial charge is 0.217 e. The van der Waals surface area contributed by atoms with Crippen molar-refractivity contribution in [2.75, 3.05) is 6.54 Å². The molecule has 2 aromatic heterocycles. The molecule has 1 N–H and O–H groups in total. The maximum Gasteiger partial charge on any atom is 0.217 e. The topological polar surface area (TPSA) is 89.3 Å². The minimum atomic E-state index is -3.51. The molecule has 0 aliphatic carbocycles. The highest BCUT2D eigenvalue weighted by atomic mass is 32.2. The second-order valence-corrected chi connectivity index (χ2v) is 8.33. The molecule has 0 radical (unpaired) electrons. The van der Waals surface area contributed by atoms with E-state index in [9.17, 15) is 13.2 Å². The van der Waals surface area contributed by atoms with Crippen molar-refractivity contribution in [3.63, 3.8) is 0 Å². The minimum Gasteiger partial charge on any atom is -0.356 e. The third kappa shape index (κ3) is 3.89. The average Bonchev–Trinajstić information content (AvgIpc) is 3.15. The number of thiophene rings is 1. The van der Waals surface area contributed by atoms with Gasteiger partial charge in [0.15, 0.2) is 11.4 Å². The third-order valence-corrected chi connectivity index (χ3v) is 6.02. The number of fused-ring (bicyclic) bond motifs is 1. The van der Waals surface area contributed by atoms with Crippen LogP contribution in [0.1, 0.15) is 27.2 Å². The molecule has 0 saturated heterocycles. The van der Waals surface area contributed by atoms with Gasteiger partial charge >= 0.3 is 0 Å². The van der Waals surface area contributed by atoms with Gasteiger partial charge in [0.25, 0.3) is 0 Å². The first-order valence-electron chi connectivity index (χ1n) is 7.35. The van der Waals surface area contributed by atoms with E-state index >= 15 is 0 Å². The number of nitrogens with zero attached hydrogens (tertiary/aromatic N) is 1. The summed E-state index contributed by atoms with van der Waals surface area (Å²) in [5.41, 5.74) is 0.964. The molecule has 126 valence electrons. The number of nitrogens with one attached hydrogen (secondary N) is 1. The van der Waals surface area contributed by atoms with Crippen LogP contribution in [0.4, 0.5) is 0 Å². The van der Waals surface area contributed by atoms with Gasteiger partial charge in [-0.25, -0.2) is 13.1 Å². The van der Waals surface area contributed by atoms with Gasteiger partial charge in [-0.2, -0.15) is 0 Å². The van der Waals surface area contributed by atoms with Gasteiger partial charge in [-0.05, 0) is 37.6 Å². The third-order valence-electron chi connectivity index (χ3n) is 3.48. The molecule has 0 fully saturated rings. The molecule has 3 rings (SSSR count). The summed E-state index contributed by atoms with van der Waals surface area (Å²) in [6, 6.07) is 10.8. The van der Waals surface area contributed by atoms with Crippen LogP contribution in [0.3, 0.4) is 0 Å². The monoisotopic (exact) mass is 364 g/mol. The number of carbonyl (C=O) groups excluding carboxylic acids is 1. The fraction of sp³-hybridized carbons (Fsp3) is 0.250. The van der Waals surface area contributed by atoms with E-state index in [1.807, 2.05) is 12.1 Å². The average molecular weight is 364 g/mol. The molecule has 2 heterocycles. The van der Waals surface area contributed by atoms with Crippen molar-refractivity contribution in [3.05, 3.63) is 51.8 Å². The molecule has 1 aromatic carbocycles. The summed E-state index contributed by atoms with van der Waals surface area (Å²) in [4.78, 5) is 12.9. The van der Waals surface area contributed by atoms with Crippen LogP contribution in [-0.2, 0) is 22.2 Å². The van der Waals surface area contributed by atoms with Crippen molar-refractivity contribution < 1.29 is 17.7 Å². The van der Waals surface area contributed by atoms with Crippen molar-refractivity contribution in [3.8, 4) is 0 Å². The van der Waals surface area contributed by atoms with Crippen molar-refractivity contribution >= 4 is 38.1 Å².